The maximum Gasteiger partial charge on any atom is 0.408 e. The van der Waals surface area contributed by atoms with Crippen LogP contribution in [-0.2, 0) is 9.47 Å². The van der Waals surface area contributed by atoms with E-state index in [0.717, 1.165) is 12.8 Å². The minimum Gasteiger partial charge on any atom is -0.444 e. The van der Waals surface area contributed by atoms with Gasteiger partial charge in [-0.3, -0.25) is 0 Å². The molecule has 0 aromatic carbocycles. The summed E-state index contributed by atoms with van der Waals surface area (Å²) in [6.07, 6.45) is 1.17. The Morgan fingerprint density at radius 2 is 2.00 bits per heavy atom. The third-order valence-corrected chi connectivity index (χ3v) is 2.91. The fourth-order valence-electron chi connectivity index (χ4n) is 2.59. The second-order valence-electron chi connectivity index (χ2n) is 6.12. The van der Waals surface area contributed by atoms with Gasteiger partial charge >= 0.3 is 6.09 Å². The van der Waals surface area contributed by atoms with Crippen LogP contribution in [0.4, 0.5) is 4.79 Å². The second-order valence-corrected chi connectivity index (χ2v) is 6.12. The molecule has 16 heavy (non-hydrogen) atoms. The molecule has 1 aliphatic carbocycles. The first-order valence-corrected chi connectivity index (χ1v) is 5.60. The molecule has 0 aromatic rings. The van der Waals surface area contributed by atoms with Gasteiger partial charge in [-0.05, 0) is 33.6 Å². The van der Waals surface area contributed by atoms with Crippen LogP contribution in [0.1, 0.15) is 33.6 Å². The number of nitrogens with one attached hydrogen (secondary N) is 1. The summed E-state index contributed by atoms with van der Waals surface area (Å²) in [5.41, 5.74) is 5.00. The average molecular weight is 228 g/mol. The molecule has 0 unspecified atom stereocenters. The third-order valence-electron chi connectivity index (χ3n) is 2.91. The Morgan fingerprint density at radius 1 is 1.38 bits per heavy atom. The summed E-state index contributed by atoms with van der Waals surface area (Å²) in [6.45, 7) is 6.65. The van der Waals surface area contributed by atoms with Crippen molar-refractivity contribution in [3.05, 3.63) is 0 Å². The minimum atomic E-state index is -0.472. The Morgan fingerprint density at radius 3 is 2.50 bits per heavy atom. The van der Waals surface area contributed by atoms with Gasteiger partial charge in [-0.2, -0.15) is 0 Å². The Bertz CT molecular complexity index is 303. The van der Waals surface area contributed by atoms with Crippen LogP contribution in [0.25, 0.3) is 0 Å². The highest BCUT2D eigenvalue weighted by atomic mass is 16.6. The van der Waals surface area contributed by atoms with Crippen LogP contribution >= 0.6 is 0 Å². The maximum atomic E-state index is 11.6. The predicted octanol–water partition coefficient (Wildman–Crippen LogP) is 0.771. The van der Waals surface area contributed by atoms with Crippen LogP contribution in [0.2, 0.25) is 0 Å². The topological polar surface area (TPSA) is 73.6 Å². The van der Waals surface area contributed by atoms with E-state index in [1.54, 1.807) is 0 Å². The predicted molar refractivity (Wildman–Crippen MR) is 59.1 cm³/mol. The summed E-state index contributed by atoms with van der Waals surface area (Å²) in [4.78, 5) is 11.6. The lowest BCUT2D eigenvalue weighted by Crippen LogP contribution is -2.76. The average Bonchev–Trinajstić information content (AvgIpc) is 1.95. The largest absolute Gasteiger partial charge is 0.444 e. The monoisotopic (exact) mass is 228 g/mol. The van der Waals surface area contributed by atoms with Crippen molar-refractivity contribution in [3.8, 4) is 0 Å². The minimum absolute atomic E-state index is 0.243. The van der Waals surface area contributed by atoms with E-state index in [1.165, 1.54) is 0 Å². The van der Waals surface area contributed by atoms with Crippen molar-refractivity contribution in [1.82, 2.24) is 5.32 Å². The van der Waals surface area contributed by atoms with Crippen molar-refractivity contribution >= 4 is 6.09 Å². The molecule has 0 radical (unpaired) electrons. The number of hydrogen-bond donors (Lipinski definition) is 2. The summed E-state index contributed by atoms with van der Waals surface area (Å²) < 4.78 is 10.6. The summed E-state index contributed by atoms with van der Waals surface area (Å²) in [6, 6.07) is 0. The second kappa shape index (κ2) is 3.34. The molecular formula is C11H20N2O3. The molecule has 2 aliphatic heterocycles. The SMILES string of the molecule is CC(C)(C)OC(=O)NC12COCC(N)(C1)C2. The molecule has 1 saturated carbocycles. The first-order valence-electron chi connectivity index (χ1n) is 5.60. The van der Waals surface area contributed by atoms with E-state index in [2.05, 4.69) is 5.32 Å². The highest BCUT2D eigenvalue weighted by molar-refractivity contribution is 5.69. The van der Waals surface area contributed by atoms with E-state index in [1.807, 2.05) is 20.8 Å². The number of fused-ring (bicyclic) bond motifs is 2. The fraction of sp³-hybridized carbons (Fsp3) is 0.909. The molecule has 5 heteroatoms. The van der Waals surface area contributed by atoms with Crippen molar-refractivity contribution in [1.29, 1.82) is 0 Å². The van der Waals surface area contributed by atoms with Crippen LogP contribution in [0.15, 0.2) is 0 Å². The van der Waals surface area contributed by atoms with E-state index in [0.29, 0.717) is 13.2 Å². The smallest absolute Gasteiger partial charge is 0.408 e. The van der Waals surface area contributed by atoms with Gasteiger partial charge in [0.15, 0.2) is 0 Å². The van der Waals surface area contributed by atoms with Gasteiger partial charge in [0.25, 0.3) is 0 Å². The summed E-state index contributed by atoms with van der Waals surface area (Å²) in [5.74, 6) is 0. The Kier molecular flexibility index (Phi) is 2.44. The van der Waals surface area contributed by atoms with Crippen molar-refractivity contribution in [2.24, 2.45) is 5.73 Å². The molecule has 3 rings (SSSR count). The lowest BCUT2D eigenvalue weighted by molar-refractivity contribution is -0.111. The molecule has 3 fully saturated rings. The lowest BCUT2D eigenvalue weighted by Gasteiger charge is -2.58. The van der Waals surface area contributed by atoms with Crippen molar-refractivity contribution < 1.29 is 14.3 Å². The Balaban J connectivity index is 1.89. The van der Waals surface area contributed by atoms with Crippen LogP contribution in [0.3, 0.4) is 0 Å². The number of amides is 1. The summed E-state index contributed by atoms with van der Waals surface area (Å²) in [7, 11) is 0. The van der Waals surface area contributed by atoms with Gasteiger partial charge < -0.3 is 20.5 Å². The van der Waals surface area contributed by atoms with Crippen molar-refractivity contribution in [2.45, 2.75) is 50.3 Å². The highest BCUT2D eigenvalue weighted by Gasteiger charge is 2.57. The standard InChI is InChI=1S/C11H20N2O3/c1-9(2,3)16-8(14)13-11-4-10(12,5-11)6-15-7-11/h4-7,12H2,1-3H3,(H,13,14). The van der Waals surface area contributed by atoms with E-state index in [9.17, 15) is 4.79 Å². The van der Waals surface area contributed by atoms with Gasteiger partial charge in [0.1, 0.15) is 5.60 Å². The molecule has 0 atom stereocenters. The first kappa shape index (κ1) is 11.7. The Labute approximate surface area is 95.7 Å². The Hall–Kier alpha value is -0.810. The van der Waals surface area contributed by atoms with Crippen molar-refractivity contribution in [2.75, 3.05) is 13.2 Å². The van der Waals surface area contributed by atoms with E-state index < -0.39 is 5.60 Å². The molecule has 5 nitrogen and oxygen atoms in total. The molecule has 0 aromatic heterocycles. The molecule has 2 saturated heterocycles. The zero-order valence-electron chi connectivity index (χ0n) is 10.1. The molecule has 92 valence electrons. The van der Waals surface area contributed by atoms with E-state index in [4.69, 9.17) is 15.2 Å². The highest BCUT2D eigenvalue weighted by Crippen LogP contribution is 2.44. The van der Waals surface area contributed by atoms with Gasteiger partial charge in [0.05, 0.1) is 18.8 Å². The van der Waals surface area contributed by atoms with Crippen LogP contribution < -0.4 is 11.1 Å². The molecule has 3 aliphatic rings. The van der Waals surface area contributed by atoms with Gasteiger partial charge in [0, 0.05) is 5.54 Å². The van der Waals surface area contributed by atoms with E-state index in [-0.39, 0.29) is 17.2 Å². The molecule has 2 bridgehead atoms. The fourth-order valence-corrected chi connectivity index (χ4v) is 2.59. The first-order chi connectivity index (χ1) is 7.22. The van der Waals surface area contributed by atoms with E-state index >= 15 is 0 Å². The van der Waals surface area contributed by atoms with Crippen LogP contribution in [-0.4, -0.2) is 36.0 Å². The lowest BCUT2D eigenvalue weighted by atomic mass is 9.62. The summed E-state index contributed by atoms with van der Waals surface area (Å²) >= 11 is 0. The third kappa shape index (κ3) is 2.30. The van der Waals surface area contributed by atoms with Crippen molar-refractivity contribution in [3.63, 3.8) is 0 Å². The molecule has 3 N–H and O–H groups in total. The van der Waals surface area contributed by atoms with Gasteiger partial charge in [-0.15, -0.1) is 0 Å². The van der Waals surface area contributed by atoms with Gasteiger partial charge in [0.2, 0.25) is 0 Å². The number of carbonyl (C=O) groups is 1. The van der Waals surface area contributed by atoms with Gasteiger partial charge in [-0.25, -0.2) is 4.79 Å². The number of rotatable bonds is 1. The normalized spacial score (nSPS) is 37.5. The van der Waals surface area contributed by atoms with Crippen LogP contribution in [0.5, 0.6) is 0 Å². The zero-order chi connectivity index (χ0) is 12.0. The number of alkyl carbamates (subject to hydrolysis) is 1. The molecule has 1 amide bonds. The van der Waals surface area contributed by atoms with Crippen LogP contribution in [0, 0.1) is 0 Å². The number of ether oxygens (including phenoxy) is 2. The molecule has 2 heterocycles. The number of nitrogens with two attached hydrogens (primary N) is 1. The number of hydrogen-bond acceptors (Lipinski definition) is 4. The molecule has 0 spiro atoms. The van der Waals surface area contributed by atoms with Gasteiger partial charge in [-0.1, -0.05) is 0 Å². The molecular weight excluding hydrogens is 208 g/mol. The summed E-state index contributed by atoms with van der Waals surface area (Å²) in [5, 5.41) is 2.88. The number of carbonyl (C=O) groups excluding carboxylic acids is 1. The quantitative estimate of drug-likeness (QED) is 0.695. The maximum absolute atomic E-state index is 11.6. The zero-order valence-corrected chi connectivity index (χ0v) is 10.1.